The SMILES string of the molecule is Cc1nc(Sc2cnccc2C(=N)N)oc1C. The Morgan fingerprint density at radius 1 is 1.47 bits per heavy atom. The number of aryl methyl sites for hydroxylation is 2. The lowest BCUT2D eigenvalue weighted by Gasteiger charge is -2.03. The van der Waals surface area contributed by atoms with E-state index in [-0.39, 0.29) is 5.84 Å². The lowest BCUT2D eigenvalue weighted by Crippen LogP contribution is -2.12. The van der Waals surface area contributed by atoms with Crippen LogP contribution in [0.3, 0.4) is 0 Å². The molecule has 2 rings (SSSR count). The van der Waals surface area contributed by atoms with Crippen molar-refractivity contribution in [1.29, 1.82) is 5.41 Å². The Bertz CT molecular complexity index is 545. The Hall–Kier alpha value is -1.82. The summed E-state index contributed by atoms with van der Waals surface area (Å²) < 4.78 is 5.47. The van der Waals surface area contributed by atoms with Gasteiger partial charge in [0.25, 0.3) is 5.22 Å². The van der Waals surface area contributed by atoms with Crippen LogP contribution in [-0.4, -0.2) is 15.8 Å². The molecule has 0 aromatic carbocycles. The average molecular weight is 248 g/mol. The Morgan fingerprint density at radius 2 is 2.24 bits per heavy atom. The maximum absolute atomic E-state index is 7.48. The van der Waals surface area contributed by atoms with Crippen molar-refractivity contribution in [3.05, 3.63) is 35.5 Å². The second-order valence-corrected chi connectivity index (χ2v) is 4.50. The van der Waals surface area contributed by atoms with E-state index in [9.17, 15) is 0 Å². The van der Waals surface area contributed by atoms with Gasteiger partial charge in [-0.05, 0) is 31.7 Å². The minimum Gasteiger partial charge on any atom is -0.436 e. The highest BCUT2D eigenvalue weighted by Gasteiger charge is 2.11. The molecule has 3 N–H and O–H groups in total. The van der Waals surface area contributed by atoms with Gasteiger partial charge in [-0.25, -0.2) is 4.98 Å². The number of aromatic nitrogens is 2. The summed E-state index contributed by atoms with van der Waals surface area (Å²) in [6, 6.07) is 1.70. The summed E-state index contributed by atoms with van der Waals surface area (Å²) in [7, 11) is 0. The smallest absolute Gasteiger partial charge is 0.261 e. The van der Waals surface area contributed by atoms with Gasteiger partial charge < -0.3 is 10.2 Å². The summed E-state index contributed by atoms with van der Waals surface area (Å²) in [5.74, 6) is 0.802. The molecule has 0 saturated heterocycles. The van der Waals surface area contributed by atoms with Crippen LogP contribution in [-0.2, 0) is 0 Å². The summed E-state index contributed by atoms with van der Waals surface area (Å²) in [5, 5.41) is 8.01. The molecule has 2 aromatic rings. The molecule has 2 aromatic heterocycles. The molecule has 0 atom stereocenters. The van der Waals surface area contributed by atoms with Crippen molar-refractivity contribution in [3.63, 3.8) is 0 Å². The van der Waals surface area contributed by atoms with E-state index < -0.39 is 0 Å². The number of amidine groups is 1. The van der Waals surface area contributed by atoms with Crippen molar-refractivity contribution in [2.75, 3.05) is 0 Å². The molecule has 0 bridgehead atoms. The topological polar surface area (TPSA) is 88.8 Å². The van der Waals surface area contributed by atoms with E-state index in [1.807, 2.05) is 13.8 Å². The Labute approximate surface area is 103 Å². The first-order valence-electron chi connectivity index (χ1n) is 4.98. The fourth-order valence-corrected chi connectivity index (χ4v) is 2.20. The first-order chi connectivity index (χ1) is 8.08. The highest BCUT2D eigenvalue weighted by molar-refractivity contribution is 7.99. The third-order valence-corrected chi connectivity index (χ3v) is 3.18. The second kappa shape index (κ2) is 4.58. The number of nitrogens with two attached hydrogens (primary N) is 1. The highest BCUT2D eigenvalue weighted by atomic mass is 32.2. The number of oxazole rings is 1. The average Bonchev–Trinajstić information content (AvgIpc) is 2.58. The van der Waals surface area contributed by atoms with Gasteiger partial charge in [0.05, 0.1) is 5.69 Å². The van der Waals surface area contributed by atoms with E-state index >= 15 is 0 Å². The van der Waals surface area contributed by atoms with Crippen LogP contribution in [0.5, 0.6) is 0 Å². The Balaban J connectivity index is 2.33. The molecule has 0 aliphatic carbocycles. The summed E-state index contributed by atoms with van der Waals surface area (Å²) in [4.78, 5) is 9.04. The van der Waals surface area contributed by atoms with Crippen LogP contribution in [0.15, 0.2) is 33.0 Å². The minimum atomic E-state index is 0.00917. The van der Waals surface area contributed by atoms with Crippen molar-refractivity contribution in [3.8, 4) is 0 Å². The summed E-state index contributed by atoms with van der Waals surface area (Å²) in [6.07, 6.45) is 3.25. The van der Waals surface area contributed by atoms with Gasteiger partial charge in [-0.1, -0.05) is 0 Å². The second-order valence-electron chi connectivity index (χ2n) is 3.51. The maximum Gasteiger partial charge on any atom is 0.261 e. The zero-order valence-corrected chi connectivity index (χ0v) is 10.3. The third kappa shape index (κ3) is 2.47. The molecular weight excluding hydrogens is 236 g/mol. The van der Waals surface area contributed by atoms with Crippen LogP contribution >= 0.6 is 11.8 Å². The molecule has 0 fully saturated rings. The molecule has 0 aliphatic rings. The molecule has 0 radical (unpaired) electrons. The molecule has 0 unspecified atom stereocenters. The van der Waals surface area contributed by atoms with Crippen LogP contribution in [0.1, 0.15) is 17.0 Å². The van der Waals surface area contributed by atoms with Crippen molar-refractivity contribution in [2.24, 2.45) is 5.73 Å². The van der Waals surface area contributed by atoms with Crippen LogP contribution in [0.4, 0.5) is 0 Å². The van der Waals surface area contributed by atoms with Crippen molar-refractivity contribution in [1.82, 2.24) is 9.97 Å². The normalized spacial score (nSPS) is 10.5. The number of rotatable bonds is 3. The monoisotopic (exact) mass is 248 g/mol. The fourth-order valence-electron chi connectivity index (χ4n) is 1.26. The van der Waals surface area contributed by atoms with E-state index in [1.54, 1.807) is 18.5 Å². The van der Waals surface area contributed by atoms with Gasteiger partial charge in [-0.2, -0.15) is 0 Å². The van der Waals surface area contributed by atoms with Crippen molar-refractivity contribution < 1.29 is 4.42 Å². The number of pyridine rings is 1. The zero-order chi connectivity index (χ0) is 12.4. The molecule has 17 heavy (non-hydrogen) atoms. The molecule has 6 heteroatoms. The van der Waals surface area contributed by atoms with Gasteiger partial charge in [-0.3, -0.25) is 10.4 Å². The van der Waals surface area contributed by atoms with Crippen LogP contribution in [0.25, 0.3) is 0 Å². The van der Waals surface area contributed by atoms with E-state index in [0.29, 0.717) is 10.8 Å². The lowest BCUT2D eigenvalue weighted by molar-refractivity contribution is 0.431. The summed E-state index contributed by atoms with van der Waals surface area (Å²) in [6.45, 7) is 3.75. The number of nitrogens with one attached hydrogen (secondary N) is 1. The molecule has 0 spiro atoms. The van der Waals surface area contributed by atoms with Crippen LogP contribution in [0.2, 0.25) is 0 Å². The molecule has 88 valence electrons. The van der Waals surface area contributed by atoms with Crippen LogP contribution in [0, 0.1) is 19.3 Å². The number of hydrogen-bond donors (Lipinski definition) is 2. The molecule has 5 nitrogen and oxygen atoms in total. The van der Waals surface area contributed by atoms with Crippen molar-refractivity contribution in [2.45, 2.75) is 24.0 Å². The molecule has 0 saturated carbocycles. The summed E-state index contributed by atoms with van der Waals surface area (Å²) in [5.41, 5.74) is 6.99. The van der Waals surface area contributed by atoms with Crippen molar-refractivity contribution >= 4 is 17.6 Å². The van der Waals surface area contributed by atoms with E-state index in [0.717, 1.165) is 16.3 Å². The molecule has 0 aliphatic heterocycles. The van der Waals surface area contributed by atoms with E-state index in [4.69, 9.17) is 15.6 Å². The number of nitrogens with zero attached hydrogens (tertiary/aromatic N) is 2. The first kappa shape index (κ1) is 11.7. The van der Waals surface area contributed by atoms with Gasteiger partial charge in [-0.15, -0.1) is 0 Å². The predicted molar refractivity (Wildman–Crippen MR) is 65.4 cm³/mol. The molecule has 0 amide bonds. The standard InChI is InChI=1S/C11H12N4OS/c1-6-7(2)16-11(15-6)17-9-5-14-4-3-8(9)10(12)13/h3-5H,1-2H3,(H3,12,13). The zero-order valence-electron chi connectivity index (χ0n) is 9.52. The van der Waals surface area contributed by atoms with E-state index in [1.165, 1.54) is 11.8 Å². The van der Waals surface area contributed by atoms with Gasteiger partial charge >= 0.3 is 0 Å². The number of nitrogen functional groups attached to an aromatic ring is 1. The maximum atomic E-state index is 7.48. The highest BCUT2D eigenvalue weighted by Crippen LogP contribution is 2.30. The van der Waals surface area contributed by atoms with Gasteiger partial charge in [0.1, 0.15) is 11.6 Å². The third-order valence-electron chi connectivity index (χ3n) is 2.28. The number of hydrogen-bond acceptors (Lipinski definition) is 5. The minimum absolute atomic E-state index is 0.00917. The molecular formula is C11H12N4OS. The van der Waals surface area contributed by atoms with Gasteiger partial charge in [0, 0.05) is 22.9 Å². The first-order valence-corrected chi connectivity index (χ1v) is 5.80. The predicted octanol–water partition coefficient (Wildman–Crippen LogP) is 2.12. The van der Waals surface area contributed by atoms with E-state index in [2.05, 4.69) is 9.97 Å². The van der Waals surface area contributed by atoms with Crippen LogP contribution < -0.4 is 5.73 Å². The summed E-state index contributed by atoms with van der Waals surface area (Å²) >= 11 is 1.32. The Morgan fingerprint density at radius 3 is 2.82 bits per heavy atom. The fraction of sp³-hybridized carbons (Fsp3) is 0.182. The van der Waals surface area contributed by atoms with Gasteiger partial charge in [0.15, 0.2) is 0 Å². The largest absolute Gasteiger partial charge is 0.436 e. The quantitative estimate of drug-likeness (QED) is 0.641. The Kier molecular flexibility index (Phi) is 3.14. The van der Waals surface area contributed by atoms with Gasteiger partial charge in [0.2, 0.25) is 0 Å². The molecule has 2 heterocycles. The lowest BCUT2D eigenvalue weighted by atomic mass is 10.2.